The molecule has 60 valence electrons. The Kier molecular flexibility index (Phi) is 1.74. The Morgan fingerprint density at radius 3 is 3.08 bits per heavy atom. The largest absolute Gasteiger partial charge is 0.372 e. The van der Waals surface area contributed by atoms with Crippen LogP contribution in [0.1, 0.15) is 10.4 Å². The van der Waals surface area contributed by atoms with Crippen molar-refractivity contribution in [2.24, 2.45) is 10.3 Å². The third-order valence-electron chi connectivity index (χ3n) is 1.56. The van der Waals surface area contributed by atoms with Crippen molar-refractivity contribution in [2.75, 3.05) is 0 Å². The van der Waals surface area contributed by atoms with Crippen LogP contribution >= 0.6 is 15.9 Å². The smallest absolute Gasteiger partial charge is 0.223 e. The van der Waals surface area contributed by atoms with Gasteiger partial charge in [-0.25, -0.2) is 4.79 Å². The molecule has 1 aliphatic rings. The number of rotatable bonds is 0. The molecule has 4 nitrogen and oxygen atoms in total. The van der Waals surface area contributed by atoms with Crippen LogP contribution in [-0.2, 0) is 0 Å². The van der Waals surface area contributed by atoms with Gasteiger partial charge in [-0.15, -0.1) is 5.43 Å². The maximum atomic E-state index is 11.2. The monoisotopic (exact) mass is 226 g/mol. The van der Waals surface area contributed by atoms with Crippen LogP contribution in [0.3, 0.4) is 0 Å². The van der Waals surface area contributed by atoms with E-state index >= 15 is 0 Å². The zero-order chi connectivity index (χ0) is 8.55. The lowest BCUT2D eigenvalue weighted by Crippen LogP contribution is -2.82. The number of fused-ring (bicyclic) bond motifs is 1. The van der Waals surface area contributed by atoms with Crippen LogP contribution in [-0.4, -0.2) is 5.91 Å². The molecule has 12 heavy (non-hydrogen) atoms. The van der Waals surface area contributed by atoms with Crippen molar-refractivity contribution >= 4 is 27.5 Å². The summed E-state index contributed by atoms with van der Waals surface area (Å²) in [5, 5.41) is 7.38. The van der Waals surface area contributed by atoms with Crippen LogP contribution in [0.4, 0.5) is 5.69 Å². The molecule has 1 aliphatic heterocycles. The number of benzene rings is 1. The van der Waals surface area contributed by atoms with Gasteiger partial charge in [0.15, 0.2) is 0 Å². The fourth-order valence-corrected chi connectivity index (χ4v) is 1.37. The first kappa shape index (κ1) is 7.57. The number of carbonyl (C=O) groups is 1. The topological polar surface area (TPSA) is 58.4 Å². The van der Waals surface area contributed by atoms with Crippen LogP contribution in [0.25, 0.3) is 0 Å². The summed E-state index contributed by atoms with van der Waals surface area (Å²) < 4.78 is 0.875. The van der Waals surface area contributed by atoms with Crippen LogP contribution in [0, 0.1) is 0 Å². The fourth-order valence-electron chi connectivity index (χ4n) is 1.01. The highest BCUT2D eigenvalue weighted by molar-refractivity contribution is 9.10. The van der Waals surface area contributed by atoms with Crippen LogP contribution in [0.5, 0.6) is 0 Å². The third-order valence-corrected chi connectivity index (χ3v) is 2.06. The highest BCUT2D eigenvalue weighted by atomic mass is 79.9. The molecule has 2 N–H and O–H groups in total. The van der Waals surface area contributed by atoms with Gasteiger partial charge >= 0.3 is 5.91 Å². The second kappa shape index (κ2) is 2.76. The van der Waals surface area contributed by atoms with E-state index in [1.54, 1.807) is 12.1 Å². The van der Waals surface area contributed by atoms with Gasteiger partial charge in [-0.2, -0.15) is 0 Å². The highest BCUT2D eigenvalue weighted by Gasteiger charge is 2.19. The lowest BCUT2D eigenvalue weighted by Gasteiger charge is -2.03. The first-order valence-corrected chi connectivity index (χ1v) is 4.14. The Bertz CT molecular complexity index is 375. The lowest BCUT2D eigenvalue weighted by atomic mass is 10.1. The fraction of sp³-hybridized carbons (Fsp3) is 0. The Morgan fingerprint density at radius 1 is 1.42 bits per heavy atom. The maximum Gasteiger partial charge on any atom is 0.372 e. The SMILES string of the molecule is O=C1[NH2+]N=Nc2ccc(Br)cc21. The van der Waals surface area contributed by atoms with Gasteiger partial charge in [0.25, 0.3) is 0 Å². The number of primary amides is 1. The average Bonchev–Trinajstić information content (AvgIpc) is 2.07. The van der Waals surface area contributed by atoms with Crippen molar-refractivity contribution in [3.8, 4) is 0 Å². The molecule has 1 aromatic rings. The van der Waals surface area contributed by atoms with E-state index in [0.717, 1.165) is 4.47 Å². The summed E-state index contributed by atoms with van der Waals surface area (Å²) in [4.78, 5) is 11.2. The van der Waals surface area contributed by atoms with Crippen LogP contribution < -0.4 is 5.43 Å². The Morgan fingerprint density at radius 2 is 2.25 bits per heavy atom. The molecule has 1 heterocycles. The van der Waals surface area contributed by atoms with E-state index in [9.17, 15) is 4.79 Å². The molecule has 2 rings (SSSR count). The molecule has 0 unspecified atom stereocenters. The summed E-state index contributed by atoms with van der Waals surface area (Å²) in [6, 6.07) is 5.33. The summed E-state index contributed by atoms with van der Waals surface area (Å²) in [5.41, 5.74) is 2.44. The van der Waals surface area contributed by atoms with Crippen LogP contribution in [0.2, 0.25) is 0 Å². The number of nitrogens with two attached hydrogens (primary N) is 1. The molecule has 1 amide bonds. The molecule has 5 heteroatoms. The Labute approximate surface area is 76.8 Å². The molecule has 0 saturated carbocycles. The number of amides is 1. The van der Waals surface area contributed by atoms with Gasteiger partial charge in [0.05, 0.1) is 0 Å². The minimum atomic E-state index is -0.0960. The third kappa shape index (κ3) is 1.17. The van der Waals surface area contributed by atoms with Crippen molar-refractivity contribution in [3.63, 3.8) is 0 Å². The lowest BCUT2D eigenvalue weighted by molar-refractivity contribution is -0.570. The zero-order valence-corrected chi connectivity index (χ0v) is 7.58. The predicted octanol–water partition coefficient (Wildman–Crippen LogP) is 1.16. The Balaban J connectivity index is 2.63. The molecule has 0 saturated heterocycles. The van der Waals surface area contributed by atoms with Crippen molar-refractivity contribution < 1.29 is 10.2 Å². The maximum absolute atomic E-state index is 11.2. The minimum absolute atomic E-state index is 0.0960. The number of hydrogen-bond donors (Lipinski definition) is 1. The van der Waals surface area contributed by atoms with Gasteiger partial charge in [-0.3, -0.25) is 0 Å². The molecule has 0 aliphatic carbocycles. The van der Waals surface area contributed by atoms with Crippen LogP contribution in [0.15, 0.2) is 33.0 Å². The van der Waals surface area contributed by atoms with Gasteiger partial charge in [0.2, 0.25) is 0 Å². The molecule has 0 aromatic heterocycles. The number of halogens is 1. The standard InChI is InChI=1S/C7H4BrN3O/c8-4-1-2-6-5(3-4)7(12)10-11-9-6/h1-3H,(H,9,10,12)/p+1. The quantitative estimate of drug-likeness (QED) is 0.664. The first-order valence-electron chi connectivity index (χ1n) is 3.35. The number of nitrogens with zero attached hydrogens (tertiary/aromatic N) is 2. The van der Waals surface area contributed by atoms with Gasteiger partial charge in [0.1, 0.15) is 11.3 Å². The zero-order valence-electron chi connectivity index (χ0n) is 5.99. The van der Waals surface area contributed by atoms with Gasteiger partial charge in [-0.1, -0.05) is 21.0 Å². The minimum Gasteiger partial charge on any atom is -0.223 e. The highest BCUT2D eigenvalue weighted by Crippen LogP contribution is 2.23. The first-order chi connectivity index (χ1) is 5.77. The second-order valence-corrected chi connectivity index (χ2v) is 3.29. The Hall–Kier alpha value is -1.07. The molecule has 1 aromatic carbocycles. The van der Waals surface area contributed by atoms with Gasteiger partial charge in [-0.05, 0) is 18.2 Å². The van der Waals surface area contributed by atoms with Crippen molar-refractivity contribution in [3.05, 3.63) is 28.2 Å². The van der Waals surface area contributed by atoms with Gasteiger partial charge < -0.3 is 0 Å². The van der Waals surface area contributed by atoms with E-state index < -0.39 is 0 Å². The molecular formula is C7H5BrN3O+. The summed E-state index contributed by atoms with van der Waals surface area (Å²) >= 11 is 3.28. The predicted molar refractivity (Wildman–Crippen MR) is 44.9 cm³/mol. The average molecular weight is 227 g/mol. The molecule has 0 radical (unpaired) electrons. The van der Waals surface area contributed by atoms with E-state index in [1.165, 1.54) is 5.43 Å². The number of quaternary nitrogens is 1. The molecular weight excluding hydrogens is 222 g/mol. The molecule has 0 bridgehead atoms. The van der Waals surface area contributed by atoms with E-state index in [2.05, 4.69) is 26.3 Å². The van der Waals surface area contributed by atoms with E-state index in [-0.39, 0.29) is 5.91 Å². The second-order valence-electron chi connectivity index (χ2n) is 2.37. The van der Waals surface area contributed by atoms with Gasteiger partial charge in [0, 0.05) is 9.70 Å². The summed E-state index contributed by atoms with van der Waals surface area (Å²) in [5.74, 6) is -0.0960. The van der Waals surface area contributed by atoms with Crippen molar-refractivity contribution in [1.29, 1.82) is 0 Å². The molecule has 0 atom stereocenters. The van der Waals surface area contributed by atoms with E-state index in [1.807, 2.05) is 6.07 Å². The summed E-state index contributed by atoms with van der Waals surface area (Å²) in [6.45, 7) is 0. The van der Waals surface area contributed by atoms with Crippen molar-refractivity contribution in [2.45, 2.75) is 0 Å². The van der Waals surface area contributed by atoms with Crippen molar-refractivity contribution in [1.82, 2.24) is 0 Å². The molecule has 0 spiro atoms. The van der Waals surface area contributed by atoms with E-state index in [0.29, 0.717) is 11.3 Å². The number of hydrogen-bond acceptors (Lipinski definition) is 3. The summed E-state index contributed by atoms with van der Waals surface area (Å²) in [6.07, 6.45) is 0. The summed E-state index contributed by atoms with van der Waals surface area (Å²) in [7, 11) is 0. The number of carbonyl (C=O) groups excluding carboxylic acids is 1. The normalized spacial score (nSPS) is 14.6. The van der Waals surface area contributed by atoms with E-state index in [4.69, 9.17) is 0 Å². The molecule has 0 fully saturated rings.